The van der Waals surface area contributed by atoms with Crippen LogP contribution in [0, 0.1) is 0 Å². The van der Waals surface area contributed by atoms with Crippen molar-refractivity contribution in [3.8, 4) is 0 Å². The van der Waals surface area contributed by atoms with E-state index in [4.69, 9.17) is 20.1 Å². The zero-order valence-electron chi connectivity index (χ0n) is 34.5. The number of aliphatic carboxylic acids is 2. The third-order valence-corrected chi connectivity index (χ3v) is 10.2. The Balaban J connectivity index is 0. The summed E-state index contributed by atoms with van der Waals surface area (Å²) in [6.07, 6.45) is 34.8. The summed E-state index contributed by atoms with van der Waals surface area (Å²) in [4.78, 5) is 20.7. The lowest BCUT2D eigenvalue weighted by Crippen LogP contribution is -2.63. The zero-order chi connectivity index (χ0) is 40.0. The van der Waals surface area contributed by atoms with E-state index in [2.05, 4.69) is 13.8 Å². The summed E-state index contributed by atoms with van der Waals surface area (Å²) in [5.74, 6) is -3.26. The summed E-state index contributed by atoms with van der Waals surface area (Å²) >= 11 is 0. The summed E-state index contributed by atoms with van der Waals surface area (Å²) in [6, 6.07) is 0. The third kappa shape index (κ3) is 36.1. The molecule has 1 saturated heterocycles. The largest absolute Gasteiger partial charge is 0.481 e. The van der Waals surface area contributed by atoms with E-state index in [0.29, 0.717) is 12.8 Å². The van der Waals surface area contributed by atoms with Crippen molar-refractivity contribution in [2.45, 2.75) is 256 Å². The Kier molecular flexibility index (Phi) is 39.5. The molecule has 1 aliphatic rings. The Bertz CT molecular complexity index is 747. The second-order valence-corrected chi connectivity index (χ2v) is 15.5. The van der Waals surface area contributed by atoms with E-state index in [9.17, 15) is 30.0 Å². The van der Waals surface area contributed by atoms with Crippen LogP contribution in [0.15, 0.2) is 0 Å². The maximum Gasteiger partial charge on any atom is 0.303 e. The van der Waals surface area contributed by atoms with Gasteiger partial charge in [-0.25, -0.2) is 0 Å². The molecule has 1 heterocycles. The van der Waals surface area contributed by atoms with E-state index < -0.39 is 48.7 Å². The molecule has 1 unspecified atom stereocenters. The molecule has 53 heavy (non-hydrogen) atoms. The molecule has 1 fully saturated rings. The molecule has 0 saturated carbocycles. The third-order valence-electron chi connectivity index (χ3n) is 10.2. The second kappa shape index (κ2) is 39.0. The minimum atomic E-state index is -1.95. The maximum absolute atomic E-state index is 10.3. The van der Waals surface area contributed by atoms with Crippen LogP contribution in [-0.4, -0.2) is 84.5 Å². The molecule has 0 spiro atoms. The van der Waals surface area contributed by atoms with E-state index in [1.807, 2.05) is 0 Å². The lowest BCUT2D eigenvalue weighted by molar-refractivity contribution is -0.341. The van der Waals surface area contributed by atoms with Gasteiger partial charge in [-0.2, -0.15) is 0 Å². The first-order chi connectivity index (χ1) is 25.4. The molecule has 0 aromatic carbocycles. The van der Waals surface area contributed by atoms with Gasteiger partial charge in [0.1, 0.15) is 24.4 Å². The number of aliphatic hydroxyl groups is 5. The highest BCUT2D eigenvalue weighted by Crippen LogP contribution is 2.27. The van der Waals surface area contributed by atoms with E-state index in [1.165, 1.54) is 167 Å². The Labute approximate surface area is 324 Å². The molecule has 1 rings (SSSR count). The molecule has 10 heteroatoms. The predicted molar refractivity (Wildman–Crippen MR) is 215 cm³/mol. The monoisotopic (exact) mass is 763 g/mol. The van der Waals surface area contributed by atoms with Gasteiger partial charge in [0.2, 0.25) is 0 Å². The first kappa shape index (κ1) is 53.8. The number of unbranched alkanes of at least 4 members (excludes halogenated alkanes) is 28. The van der Waals surface area contributed by atoms with Gasteiger partial charge in [-0.15, -0.1) is 0 Å². The fraction of sp³-hybridized carbons (Fsp3) is 0.953. The van der Waals surface area contributed by atoms with E-state index in [-0.39, 0.29) is 0 Å². The van der Waals surface area contributed by atoms with Crippen molar-refractivity contribution in [2.24, 2.45) is 0 Å². The predicted octanol–water partition coefficient (Wildman–Crippen LogP) is 9.83. The fourth-order valence-corrected chi connectivity index (χ4v) is 6.61. The van der Waals surface area contributed by atoms with Crippen molar-refractivity contribution in [1.82, 2.24) is 0 Å². The average Bonchev–Trinajstić information content (AvgIpc) is 3.12. The standard InChI is InChI=1S/2C18H36O2.C7H14O6/c2*1-2-3-4-5-6-7-8-9-10-11-12-13-14-15-16-17-18(19)20;1-7(12)6(11)5(10)4(9)3(2-8)13-7/h2*2-17H2,1H3,(H,19,20);3-6,8-12H,2H2,1H3/t;;3-,4-,5+,6-,7?/m..1/s1. The van der Waals surface area contributed by atoms with Gasteiger partial charge in [-0.05, 0) is 19.8 Å². The molecule has 318 valence electrons. The lowest BCUT2D eigenvalue weighted by Gasteiger charge is -2.43. The molecule has 0 aliphatic carbocycles. The van der Waals surface area contributed by atoms with Crippen LogP contribution in [0.4, 0.5) is 0 Å². The average molecular weight is 763 g/mol. The highest BCUT2D eigenvalue weighted by atomic mass is 16.7. The Morgan fingerprint density at radius 2 is 0.717 bits per heavy atom. The Morgan fingerprint density at radius 1 is 0.472 bits per heavy atom. The van der Waals surface area contributed by atoms with Crippen LogP contribution in [-0.2, 0) is 14.3 Å². The van der Waals surface area contributed by atoms with E-state index in [0.717, 1.165) is 32.6 Å². The van der Waals surface area contributed by atoms with Crippen LogP contribution in [0.1, 0.15) is 226 Å². The summed E-state index contributed by atoms with van der Waals surface area (Å²) in [5, 5.41) is 62.8. The highest BCUT2D eigenvalue weighted by molar-refractivity contribution is 5.66. The molecular formula is C43H86O10. The number of carboxylic acids is 2. The normalized spacial score (nSPS) is 21.0. The summed E-state index contributed by atoms with van der Waals surface area (Å²) in [7, 11) is 0. The topological polar surface area (TPSA) is 185 Å². The van der Waals surface area contributed by atoms with Crippen molar-refractivity contribution in [3.05, 3.63) is 0 Å². The first-order valence-electron chi connectivity index (χ1n) is 21.9. The van der Waals surface area contributed by atoms with Crippen LogP contribution < -0.4 is 0 Å². The molecule has 10 nitrogen and oxygen atoms in total. The number of ether oxygens (including phenoxy) is 1. The van der Waals surface area contributed by atoms with Crippen LogP contribution in [0.3, 0.4) is 0 Å². The van der Waals surface area contributed by atoms with Crippen molar-refractivity contribution < 1.29 is 50.1 Å². The van der Waals surface area contributed by atoms with Gasteiger partial charge in [0.15, 0.2) is 5.79 Å². The second-order valence-electron chi connectivity index (χ2n) is 15.5. The fourth-order valence-electron chi connectivity index (χ4n) is 6.61. The highest BCUT2D eigenvalue weighted by Gasteiger charge is 2.49. The van der Waals surface area contributed by atoms with Gasteiger partial charge in [0, 0.05) is 12.8 Å². The quantitative estimate of drug-likeness (QED) is 0.0318. The number of carbonyl (C=O) groups is 2. The van der Waals surface area contributed by atoms with Crippen molar-refractivity contribution >= 4 is 11.9 Å². The number of rotatable bonds is 33. The van der Waals surface area contributed by atoms with Gasteiger partial charge in [0.05, 0.1) is 6.61 Å². The minimum Gasteiger partial charge on any atom is -0.481 e. The molecule has 5 atom stereocenters. The number of carboxylic acid groups (broad SMARTS) is 2. The molecule has 0 amide bonds. The smallest absolute Gasteiger partial charge is 0.303 e. The SMILES string of the molecule is CC1(O)O[C@H](CO)[C@@H](O)[C@H](O)[C@H]1O.CCCCCCCCCCCCCCCCCC(=O)O.CCCCCCCCCCCCCCCCCC(=O)O. The number of hydrogen-bond acceptors (Lipinski definition) is 8. The van der Waals surface area contributed by atoms with Crippen molar-refractivity contribution in [2.75, 3.05) is 6.61 Å². The molecule has 1 aliphatic heterocycles. The Morgan fingerprint density at radius 3 is 0.943 bits per heavy atom. The van der Waals surface area contributed by atoms with Gasteiger partial charge in [-0.3, -0.25) is 9.59 Å². The van der Waals surface area contributed by atoms with Crippen LogP contribution in [0.2, 0.25) is 0 Å². The molecular weight excluding hydrogens is 676 g/mol. The summed E-state index contributed by atoms with van der Waals surface area (Å²) in [6.45, 7) is 5.15. The first-order valence-corrected chi connectivity index (χ1v) is 21.9. The maximum atomic E-state index is 10.3. The van der Waals surface area contributed by atoms with Gasteiger partial charge < -0.3 is 40.5 Å². The number of aliphatic hydroxyl groups excluding tert-OH is 4. The molecule has 0 radical (unpaired) electrons. The van der Waals surface area contributed by atoms with Crippen LogP contribution in [0.25, 0.3) is 0 Å². The van der Waals surface area contributed by atoms with Gasteiger partial charge in [0.25, 0.3) is 0 Å². The lowest BCUT2D eigenvalue weighted by atomic mass is 9.94. The molecule has 0 bridgehead atoms. The Hall–Kier alpha value is -1.30. The van der Waals surface area contributed by atoms with Gasteiger partial charge >= 0.3 is 11.9 Å². The minimum absolute atomic E-state index is 0.345. The van der Waals surface area contributed by atoms with E-state index in [1.54, 1.807) is 0 Å². The van der Waals surface area contributed by atoms with Crippen molar-refractivity contribution in [3.63, 3.8) is 0 Å². The summed E-state index contributed by atoms with van der Waals surface area (Å²) < 4.78 is 4.76. The molecule has 0 aromatic heterocycles. The molecule has 0 aromatic rings. The molecule has 7 N–H and O–H groups in total. The summed E-state index contributed by atoms with van der Waals surface area (Å²) in [5.41, 5.74) is 0. The van der Waals surface area contributed by atoms with E-state index >= 15 is 0 Å². The number of hydrogen-bond donors (Lipinski definition) is 7. The van der Waals surface area contributed by atoms with Gasteiger partial charge in [-0.1, -0.05) is 194 Å². The van der Waals surface area contributed by atoms with Crippen molar-refractivity contribution in [1.29, 1.82) is 0 Å². The van der Waals surface area contributed by atoms with Crippen LogP contribution in [0.5, 0.6) is 0 Å². The van der Waals surface area contributed by atoms with Crippen LogP contribution >= 0.6 is 0 Å². The zero-order valence-corrected chi connectivity index (χ0v) is 34.5.